The smallest absolute Gasteiger partial charge is 0.188 e. The molecule has 0 amide bonds. The first-order valence-corrected chi connectivity index (χ1v) is 6.82. The van der Waals surface area contributed by atoms with Crippen molar-refractivity contribution >= 4 is 23.2 Å². The second-order valence-corrected chi connectivity index (χ2v) is 4.92. The lowest BCUT2D eigenvalue weighted by atomic mass is 10.2. The summed E-state index contributed by atoms with van der Waals surface area (Å²) in [5.74, 6) is 0.605. The molecule has 1 aromatic carbocycles. The zero-order valence-corrected chi connectivity index (χ0v) is 11.9. The van der Waals surface area contributed by atoms with Crippen molar-refractivity contribution in [1.29, 1.82) is 5.41 Å². The molecule has 0 radical (unpaired) electrons. The Hall–Kier alpha value is -1.69. The van der Waals surface area contributed by atoms with Crippen molar-refractivity contribution in [2.24, 2.45) is 5.73 Å². The molecule has 0 saturated carbocycles. The molecule has 1 fully saturated rings. The number of nitrogens with two attached hydrogens (primary N) is 1. The van der Waals surface area contributed by atoms with Gasteiger partial charge in [0.1, 0.15) is 19.0 Å². The molecule has 20 heavy (non-hydrogen) atoms. The van der Waals surface area contributed by atoms with Gasteiger partial charge in [-0.05, 0) is 18.2 Å². The van der Waals surface area contributed by atoms with Gasteiger partial charge in [-0.25, -0.2) is 4.39 Å². The molecular weight excluding hydrogens is 283 g/mol. The Labute approximate surface area is 122 Å². The van der Waals surface area contributed by atoms with E-state index >= 15 is 0 Å². The van der Waals surface area contributed by atoms with Gasteiger partial charge in [-0.1, -0.05) is 11.6 Å². The van der Waals surface area contributed by atoms with Crippen LogP contribution in [0, 0.1) is 5.41 Å². The number of alkyl halides is 1. The average molecular weight is 301 g/mol. The highest BCUT2D eigenvalue weighted by Crippen LogP contribution is 2.29. The van der Waals surface area contributed by atoms with Gasteiger partial charge in [-0.3, -0.25) is 5.41 Å². The van der Waals surface area contributed by atoms with E-state index in [9.17, 15) is 4.39 Å². The van der Waals surface area contributed by atoms with Gasteiger partial charge in [0.25, 0.3) is 0 Å². The van der Waals surface area contributed by atoms with E-state index in [1.165, 1.54) is 0 Å². The number of halogens is 2. The topological polar surface area (TPSA) is 65.6 Å². The lowest BCUT2D eigenvalue weighted by Crippen LogP contribution is -2.50. The van der Waals surface area contributed by atoms with Gasteiger partial charge >= 0.3 is 0 Å². The van der Waals surface area contributed by atoms with E-state index in [1.807, 2.05) is 17.0 Å². The van der Waals surface area contributed by atoms with Gasteiger partial charge in [0.05, 0.1) is 5.02 Å². The molecule has 1 saturated heterocycles. The van der Waals surface area contributed by atoms with Crippen LogP contribution in [0.4, 0.5) is 10.1 Å². The van der Waals surface area contributed by atoms with Crippen LogP contribution in [0.25, 0.3) is 0 Å². The van der Waals surface area contributed by atoms with Gasteiger partial charge in [0.15, 0.2) is 5.96 Å². The number of guanidine groups is 1. The molecule has 1 aliphatic heterocycles. The number of nitrogens with zero attached hydrogens (tertiary/aromatic N) is 2. The second-order valence-electron chi connectivity index (χ2n) is 4.51. The molecule has 3 N–H and O–H groups in total. The maximum Gasteiger partial charge on any atom is 0.188 e. The van der Waals surface area contributed by atoms with Crippen LogP contribution in [0.3, 0.4) is 0 Å². The van der Waals surface area contributed by atoms with Crippen molar-refractivity contribution in [2.45, 2.75) is 0 Å². The van der Waals surface area contributed by atoms with Crippen LogP contribution >= 0.6 is 11.6 Å². The number of rotatable bonds is 4. The van der Waals surface area contributed by atoms with Crippen molar-refractivity contribution in [3.05, 3.63) is 23.2 Å². The fourth-order valence-electron chi connectivity index (χ4n) is 2.16. The number of benzene rings is 1. The molecule has 0 spiro atoms. The summed E-state index contributed by atoms with van der Waals surface area (Å²) in [5.41, 5.74) is 6.46. The maximum absolute atomic E-state index is 12.1. The summed E-state index contributed by atoms with van der Waals surface area (Å²) in [7, 11) is 0. The van der Waals surface area contributed by atoms with Crippen LogP contribution in [0.2, 0.25) is 5.02 Å². The first-order chi connectivity index (χ1) is 9.61. The predicted molar refractivity (Wildman–Crippen MR) is 78.6 cm³/mol. The van der Waals surface area contributed by atoms with E-state index in [0.29, 0.717) is 23.9 Å². The molecule has 1 aromatic rings. The van der Waals surface area contributed by atoms with Crippen LogP contribution in [-0.4, -0.2) is 50.3 Å². The van der Waals surface area contributed by atoms with Crippen molar-refractivity contribution in [3.8, 4) is 5.75 Å². The minimum Gasteiger partial charge on any atom is -0.489 e. The quantitative estimate of drug-likeness (QED) is 0.656. The summed E-state index contributed by atoms with van der Waals surface area (Å²) in [6.07, 6.45) is 0. The maximum atomic E-state index is 12.1. The fraction of sp³-hybridized carbons (Fsp3) is 0.462. The minimum absolute atomic E-state index is 0.0103. The number of nitrogens with one attached hydrogen (secondary N) is 1. The Balaban J connectivity index is 2.00. The van der Waals surface area contributed by atoms with Crippen molar-refractivity contribution in [1.82, 2.24) is 4.90 Å². The lowest BCUT2D eigenvalue weighted by molar-refractivity contribution is 0.273. The summed E-state index contributed by atoms with van der Waals surface area (Å²) in [4.78, 5) is 4.00. The molecule has 5 nitrogen and oxygen atoms in total. The highest BCUT2D eigenvalue weighted by Gasteiger charge is 2.18. The third kappa shape index (κ3) is 3.45. The van der Waals surface area contributed by atoms with E-state index in [-0.39, 0.29) is 12.6 Å². The second kappa shape index (κ2) is 6.65. The molecule has 0 aromatic heterocycles. The summed E-state index contributed by atoms with van der Waals surface area (Å²) < 4.78 is 17.3. The number of hydrogen-bond acceptors (Lipinski definition) is 3. The summed E-state index contributed by atoms with van der Waals surface area (Å²) in [6, 6.07) is 5.48. The highest BCUT2D eigenvalue weighted by atomic mass is 35.5. The lowest BCUT2D eigenvalue weighted by Gasteiger charge is -2.36. The summed E-state index contributed by atoms with van der Waals surface area (Å²) in [6.45, 7) is 2.46. The van der Waals surface area contributed by atoms with Crippen molar-refractivity contribution < 1.29 is 9.13 Å². The normalized spacial score (nSPS) is 15.3. The number of anilines is 1. The summed E-state index contributed by atoms with van der Waals surface area (Å²) in [5, 5.41) is 7.88. The molecule has 110 valence electrons. The van der Waals surface area contributed by atoms with Crippen molar-refractivity contribution in [3.63, 3.8) is 0 Å². The number of piperazine rings is 1. The molecule has 0 bridgehead atoms. The Morgan fingerprint density at radius 1 is 1.35 bits per heavy atom. The van der Waals surface area contributed by atoms with Gasteiger partial charge in [0.2, 0.25) is 0 Å². The molecule has 1 heterocycles. The third-order valence-corrected chi connectivity index (χ3v) is 3.53. The minimum atomic E-state index is -0.537. The fourth-order valence-corrected chi connectivity index (χ4v) is 2.39. The molecular formula is C13H18ClFN4O. The molecule has 2 rings (SSSR count). The van der Waals surface area contributed by atoms with Gasteiger partial charge < -0.3 is 20.3 Å². The molecule has 1 aliphatic rings. The van der Waals surface area contributed by atoms with Crippen LogP contribution < -0.4 is 15.4 Å². The summed E-state index contributed by atoms with van der Waals surface area (Å²) >= 11 is 6.12. The standard InChI is InChI=1S/C13H18ClFN4O/c14-11-9-10(1-2-12(11)20-8-3-15)18-4-6-19(7-5-18)13(16)17/h1-2,9H,3-8H2,(H3,16,17). The largest absolute Gasteiger partial charge is 0.489 e. The predicted octanol–water partition coefficient (Wildman–Crippen LogP) is 1.70. The van der Waals surface area contributed by atoms with Gasteiger partial charge in [-0.15, -0.1) is 0 Å². The van der Waals surface area contributed by atoms with E-state index in [4.69, 9.17) is 27.5 Å². The first kappa shape index (κ1) is 14.7. The number of ether oxygens (including phenoxy) is 1. The first-order valence-electron chi connectivity index (χ1n) is 6.44. The van der Waals surface area contributed by atoms with Gasteiger partial charge in [-0.2, -0.15) is 0 Å². The van der Waals surface area contributed by atoms with E-state index in [0.717, 1.165) is 18.8 Å². The van der Waals surface area contributed by atoms with E-state index in [1.54, 1.807) is 6.07 Å². The van der Waals surface area contributed by atoms with Gasteiger partial charge in [0, 0.05) is 31.9 Å². The highest BCUT2D eigenvalue weighted by molar-refractivity contribution is 6.32. The Morgan fingerprint density at radius 3 is 2.60 bits per heavy atom. The van der Waals surface area contributed by atoms with Crippen LogP contribution in [0.5, 0.6) is 5.75 Å². The Bertz CT molecular complexity index is 477. The zero-order chi connectivity index (χ0) is 14.5. The third-order valence-electron chi connectivity index (χ3n) is 3.24. The van der Waals surface area contributed by atoms with Crippen LogP contribution in [0.1, 0.15) is 0 Å². The van der Waals surface area contributed by atoms with Crippen molar-refractivity contribution in [2.75, 3.05) is 44.4 Å². The molecule has 0 aliphatic carbocycles. The van der Waals surface area contributed by atoms with Crippen LogP contribution in [0.15, 0.2) is 18.2 Å². The molecule has 7 heteroatoms. The Morgan fingerprint density at radius 2 is 2.05 bits per heavy atom. The van der Waals surface area contributed by atoms with E-state index in [2.05, 4.69) is 4.90 Å². The van der Waals surface area contributed by atoms with E-state index < -0.39 is 6.67 Å². The SMILES string of the molecule is N=C(N)N1CCN(c2ccc(OCCF)c(Cl)c2)CC1. The zero-order valence-electron chi connectivity index (χ0n) is 11.1. The average Bonchev–Trinajstić information content (AvgIpc) is 2.46. The molecule has 0 atom stereocenters. The monoisotopic (exact) mass is 300 g/mol. The number of hydrogen-bond donors (Lipinski definition) is 2. The Kier molecular flexibility index (Phi) is 4.89. The molecule has 0 unspecified atom stereocenters. The van der Waals surface area contributed by atoms with Crippen LogP contribution in [-0.2, 0) is 0 Å².